The van der Waals surface area contributed by atoms with Gasteiger partial charge in [-0.1, -0.05) is 0 Å². The number of aldehydes is 1. The van der Waals surface area contributed by atoms with Crippen LogP contribution in [0, 0.1) is 5.82 Å². The molecule has 0 amide bonds. The van der Waals surface area contributed by atoms with E-state index in [9.17, 15) is 9.18 Å². The summed E-state index contributed by atoms with van der Waals surface area (Å²) in [6.07, 6.45) is 2.24. The Kier molecular flexibility index (Phi) is 3.14. The zero-order valence-corrected chi connectivity index (χ0v) is 9.18. The number of ether oxygens (including phenoxy) is 1. The third-order valence-corrected chi connectivity index (χ3v) is 2.39. The lowest BCUT2D eigenvalue weighted by Crippen LogP contribution is -1.95. The SMILES string of the molecule is COc1cccnc1-c1cc(F)ccc1C=O. The summed E-state index contributed by atoms with van der Waals surface area (Å²) in [4.78, 5) is 15.0. The molecular formula is C13H10FNO2. The Morgan fingerprint density at radius 2 is 2.18 bits per heavy atom. The van der Waals surface area contributed by atoms with E-state index in [0.29, 0.717) is 28.9 Å². The van der Waals surface area contributed by atoms with Crippen LogP contribution < -0.4 is 4.74 Å². The molecular weight excluding hydrogens is 221 g/mol. The average Bonchev–Trinajstić information content (AvgIpc) is 2.38. The van der Waals surface area contributed by atoms with E-state index in [0.717, 1.165) is 0 Å². The second-order valence-corrected chi connectivity index (χ2v) is 3.40. The first kappa shape index (κ1) is 11.3. The molecule has 86 valence electrons. The van der Waals surface area contributed by atoms with Crippen molar-refractivity contribution in [2.75, 3.05) is 7.11 Å². The molecule has 4 heteroatoms. The number of carbonyl (C=O) groups is 1. The maximum atomic E-state index is 13.2. The number of hydrogen-bond acceptors (Lipinski definition) is 3. The van der Waals surface area contributed by atoms with Gasteiger partial charge in [0.15, 0.2) is 6.29 Å². The molecule has 0 aliphatic rings. The minimum absolute atomic E-state index is 0.378. The van der Waals surface area contributed by atoms with E-state index in [1.165, 1.54) is 25.3 Å². The number of hydrogen-bond donors (Lipinski definition) is 0. The molecule has 0 N–H and O–H groups in total. The van der Waals surface area contributed by atoms with Crippen LogP contribution in [-0.4, -0.2) is 18.4 Å². The second kappa shape index (κ2) is 4.74. The largest absolute Gasteiger partial charge is 0.494 e. The first-order valence-electron chi connectivity index (χ1n) is 5.00. The molecule has 0 radical (unpaired) electrons. The molecule has 1 heterocycles. The van der Waals surface area contributed by atoms with Crippen molar-refractivity contribution in [2.24, 2.45) is 0 Å². The topological polar surface area (TPSA) is 39.2 Å². The Morgan fingerprint density at radius 1 is 1.35 bits per heavy atom. The number of rotatable bonds is 3. The number of nitrogens with zero attached hydrogens (tertiary/aromatic N) is 1. The summed E-state index contributed by atoms with van der Waals surface area (Å²) in [7, 11) is 1.50. The molecule has 0 aliphatic carbocycles. The summed E-state index contributed by atoms with van der Waals surface area (Å²) in [5, 5.41) is 0. The Morgan fingerprint density at radius 3 is 2.88 bits per heavy atom. The zero-order chi connectivity index (χ0) is 12.3. The van der Waals surface area contributed by atoms with Gasteiger partial charge < -0.3 is 4.74 Å². The third kappa shape index (κ3) is 2.15. The minimum Gasteiger partial charge on any atom is -0.494 e. The Hall–Kier alpha value is -2.23. The van der Waals surface area contributed by atoms with E-state index < -0.39 is 5.82 Å². The molecule has 0 saturated carbocycles. The van der Waals surface area contributed by atoms with E-state index in [1.807, 2.05) is 0 Å². The van der Waals surface area contributed by atoms with E-state index >= 15 is 0 Å². The normalized spacial score (nSPS) is 10.0. The summed E-state index contributed by atoms with van der Waals surface area (Å²) in [5.74, 6) is 0.0829. The van der Waals surface area contributed by atoms with Crippen LogP contribution in [0.25, 0.3) is 11.3 Å². The van der Waals surface area contributed by atoms with Gasteiger partial charge in [0.1, 0.15) is 17.3 Å². The molecule has 2 aromatic rings. The number of methoxy groups -OCH3 is 1. The molecule has 3 nitrogen and oxygen atoms in total. The summed E-state index contributed by atoms with van der Waals surface area (Å²) >= 11 is 0. The fourth-order valence-corrected chi connectivity index (χ4v) is 1.59. The van der Waals surface area contributed by atoms with Crippen molar-refractivity contribution in [3.05, 3.63) is 47.9 Å². The zero-order valence-electron chi connectivity index (χ0n) is 9.18. The third-order valence-electron chi connectivity index (χ3n) is 2.39. The predicted octanol–water partition coefficient (Wildman–Crippen LogP) is 2.71. The van der Waals surface area contributed by atoms with Crippen molar-refractivity contribution in [2.45, 2.75) is 0 Å². The molecule has 0 atom stereocenters. The number of aromatic nitrogens is 1. The van der Waals surface area contributed by atoms with Gasteiger partial charge in [-0.3, -0.25) is 9.78 Å². The molecule has 0 unspecified atom stereocenters. The number of pyridine rings is 1. The van der Waals surface area contributed by atoms with Gasteiger partial charge >= 0.3 is 0 Å². The van der Waals surface area contributed by atoms with Crippen molar-refractivity contribution in [3.8, 4) is 17.0 Å². The van der Waals surface area contributed by atoms with Gasteiger partial charge in [0.2, 0.25) is 0 Å². The van der Waals surface area contributed by atoms with Crippen LogP contribution in [0.15, 0.2) is 36.5 Å². The van der Waals surface area contributed by atoms with E-state index in [2.05, 4.69) is 4.98 Å². The van der Waals surface area contributed by atoms with Crippen LogP contribution in [0.5, 0.6) is 5.75 Å². The van der Waals surface area contributed by atoms with Gasteiger partial charge in [-0.05, 0) is 30.3 Å². The van der Waals surface area contributed by atoms with Crippen LogP contribution in [0.2, 0.25) is 0 Å². The Bertz CT molecular complexity index is 555. The summed E-state index contributed by atoms with van der Waals surface area (Å²) < 4.78 is 18.4. The average molecular weight is 231 g/mol. The minimum atomic E-state index is -0.418. The van der Waals surface area contributed by atoms with Crippen LogP contribution in [0.4, 0.5) is 4.39 Å². The van der Waals surface area contributed by atoms with Crippen LogP contribution in [-0.2, 0) is 0 Å². The predicted molar refractivity (Wildman–Crippen MR) is 61.6 cm³/mol. The molecule has 0 saturated heterocycles. The lowest BCUT2D eigenvalue weighted by molar-refractivity contribution is 0.112. The molecule has 1 aromatic heterocycles. The maximum absolute atomic E-state index is 13.2. The summed E-state index contributed by atoms with van der Waals surface area (Å²) in [5.41, 5.74) is 1.26. The highest BCUT2D eigenvalue weighted by Gasteiger charge is 2.11. The summed E-state index contributed by atoms with van der Waals surface area (Å²) in [6.45, 7) is 0. The van der Waals surface area contributed by atoms with Gasteiger partial charge in [-0.15, -0.1) is 0 Å². The highest BCUT2D eigenvalue weighted by molar-refractivity contribution is 5.87. The van der Waals surface area contributed by atoms with Gasteiger partial charge in [-0.25, -0.2) is 4.39 Å². The molecule has 0 aliphatic heterocycles. The van der Waals surface area contributed by atoms with Crippen LogP contribution >= 0.6 is 0 Å². The van der Waals surface area contributed by atoms with Crippen molar-refractivity contribution in [3.63, 3.8) is 0 Å². The first-order valence-corrected chi connectivity index (χ1v) is 5.00. The van der Waals surface area contributed by atoms with Gasteiger partial charge in [0, 0.05) is 17.3 Å². The summed E-state index contributed by atoms with van der Waals surface area (Å²) in [6, 6.07) is 7.35. The standard InChI is InChI=1S/C13H10FNO2/c1-17-12-3-2-6-15-13(12)11-7-10(14)5-4-9(11)8-16/h2-8H,1H3. The van der Waals surface area contributed by atoms with Crippen molar-refractivity contribution in [1.29, 1.82) is 0 Å². The quantitative estimate of drug-likeness (QED) is 0.762. The second-order valence-electron chi connectivity index (χ2n) is 3.40. The molecule has 0 fully saturated rings. The number of benzene rings is 1. The smallest absolute Gasteiger partial charge is 0.150 e. The fourth-order valence-electron chi connectivity index (χ4n) is 1.59. The molecule has 0 spiro atoms. The lowest BCUT2D eigenvalue weighted by atomic mass is 10.0. The number of carbonyl (C=O) groups excluding carboxylic acids is 1. The van der Waals surface area contributed by atoms with Gasteiger partial charge in [0.05, 0.1) is 7.11 Å². The highest BCUT2D eigenvalue weighted by atomic mass is 19.1. The fraction of sp³-hybridized carbons (Fsp3) is 0.0769. The van der Waals surface area contributed by atoms with E-state index in [-0.39, 0.29) is 0 Å². The highest BCUT2D eigenvalue weighted by Crippen LogP contribution is 2.29. The van der Waals surface area contributed by atoms with E-state index in [1.54, 1.807) is 18.3 Å². The molecule has 2 rings (SSSR count). The van der Waals surface area contributed by atoms with E-state index in [4.69, 9.17) is 4.74 Å². The van der Waals surface area contributed by atoms with Gasteiger partial charge in [0.25, 0.3) is 0 Å². The molecule has 0 bridgehead atoms. The first-order chi connectivity index (χ1) is 8.26. The number of halogens is 1. The Labute approximate surface area is 97.9 Å². The van der Waals surface area contributed by atoms with Gasteiger partial charge in [-0.2, -0.15) is 0 Å². The van der Waals surface area contributed by atoms with Crippen LogP contribution in [0.3, 0.4) is 0 Å². The monoisotopic (exact) mass is 231 g/mol. The Balaban J connectivity index is 2.66. The lowest BCUT2D eigenvalue weighted by Gasteiger charge is -2.08. The maximum Gasteiger partial charge on any atom is 0.150 e. The molecule has 17 heavy (non-hydrogen) atoms. The van der Waals surface area contributed by atoms with Crippen molar-refractivity contribution < 1.29 is 13.9 Å². The molecule has 1 aromatic carbocycles. The van der Waals surface area contributed by atoms with Crippen molar-refractivity contribution >= 4 is 6.29 Å². The van der Waals surface area contributed by atoms with Crippen LogP contribution in [0.1, 0.15) is 10.4 Å². The van der Waals surface area contributed by atoms with Crippen molar-refractivity contribution in [1.82, 2.24) is 4.98 Å².